The second-order valence-electron chi connectivity index (χ2n) is 16.0. The van der Waals surface area contributed by atoms with Gasteiger partial charge in [-0.25, -0.2) is 4.98 Å². The van der Waals surface area contributed by atoms with Crippen LogP contribution in [-0.2, 0) is 56.0 Å². The van der Waals surface area contributed by atoms with Gasteiger partial charge in [0.15, 0.2) is 6.20 Å². The van der Waals surface area contributed by atoms with E-state index in [1.54, 1.807) is 23.2 Å². The van der Waals surface area contributed by atoms with Crippen LogP contribution in [0, 0.1) is 0 Å². The van der Waals surface area contributed by atoms with Crippen LogP contribution in [0.15, 0.2) is 122 Å². The predicted molar refractivity (Wildman–Crippen MR) is 216 cm³/mol. The Bertz CT molecular complexity index is 2570. The van der Waals surface area contributed by atoms with E-state index in [4.69, 9.17) is 4.74 Å². The van der Waals surface area contributed by atoms with Crippen LogP contribution in [0.1, 0.15) is 61.8 Å². The monoisotopic (exact) mass is 1110 g/mol. The van der Waals surface area contributed by atoms with Crippen LogP contribution in [-0.4, -0.2) is 23.5 Å². The predicted octanol–water partition coefficient (Wildman–Crippen LogP) is 12.9. The molecule has 1 aromatic heterocycles. The van der Waals surface area contributed by atoms with Crippen molar-refractivity contribution in [3.8, 4) is 5.88 Å². The van der Waals surface area contributed by atoms with E-state index in [0.29, 0.717) is 18.1 Å². The number of hydrogen-bond donors (Lipinski definition) is 0. The lowest BCUT2D eigenvalue weighted by Crippen LogP contribution is -2.75. The highest BCUT2D eigenvalue weighted by atomic mass is 19.4. The van der Waals surface area contributed by atoms with Gasteiger partial charge in [-0.05, 0) is 31.2 Å². The number of nitrogens with zero attached hydrogens (tertiary/aromatic N) is 2. The van der Waals surface area contributed by atoms with Crippen LogP contribution in [0.2, 0.25) is 0 Å². The van der Waals surface area contributed by atoms with Crippen molar-refractivity contribution in [1.29, 1.82) is 0 Å². The van der Waals surface area contributed by atoms with Crippen LogP contribution in [0.4, 0.5) is 105 Å². The molecule has 404 valence electrons. The smallest absolute Gasteiger partial charge is 0.416 e. The van der Waals surface area contributed by atoms with Crippen LogP contribution in [0.5, 0.6) is 5.88 Å². The van der Waals surface area contributed by atoms with Crippen molar-refractivity contribution in [3.63, 3.8) is 0 Å². The molecule has 5 aromatic carbocycles. The zero-order valence-electron chi connectivity index (χ0n) is 36.8. The Morgan fingerprint density at radius 2 is 0.707 bits per heavy atom. The Morgan fingerprint density at radius 3 is 0.947 bits per heavy atom. The summed E-state index contributed by atoms with van der Waals surface area (Å²) in [6.45, 7) is 2.70. The van der Waals surface area contributed by atoms with Crippen molar-refractivity contribution in [3.05, 3.63) is 172 Å². The molecule has 0 aliphatic carbocycles. The molecule has 0 aliphatic rings. The third-order valence-electron chi connectivity index (χ3n) is 10.9. The number of alkyl halides is 24. The van der Waals surface area contributed by atoms with E-state index in [2.05, 4.69) is 4.98 Å². The minimum Gasteiger partial charge on any atom is -0.444 e. The molecule has 0 saturated carbocycles. The van der Waals surface area contributed by atoms with E-state index in [9.17, 15) is 110 Å². The lowest BCUT2D eigenvalue weighted by Gasteiger charge is -2.46. The topological polar surface area (TPSA) is 43.1 Å². The molecule has 75 heavy (non-hydrogen) atoms. The summed E-state index contributed by atoms with van der Waals surface area (Å²) < 4.78 is 348. The van der Waals surface area contributed by atoms with Crippen LogP contribution in [0.3, 0.4) is 0 Å². The van der Waals surface area contributed by atoms with Crippen molar-refractivity contribution in [1.82, 2.24) is 4.98 Å². The van der Waals surface area contributed by atoms with Gasteiger partial charge < -0.3 is 4.74 Å². The fraction of sp³-hybridized carbons (Fsp3) is 0.239. The van der Waals surface area contributed by atoms with E-state index in [0.717, 1.165) is 0 Å². The minimum atomic E-state index is -6.13. The van der Waals surface area contributed by atoms with Gasteiger partial charge in [0.05, 0.1) is 57.3 Å². The third kappa shape index (κ3) is 13.9. The molecule has 0 fully saturated rings. The standard InChI is InChI=1S/C32H12BF24.C14H15N2O2/c34-25(35,36)13-1-14(26(37,38)39)6-21(5-13)33(22-7-15(27(40,41)42)2-16(8-22)28(43,44)45,23-9-17(29(46,47)48)3-18(10-23)30(49,50)51)24-11-19(31(52,53)54)4-20(12-24)32(55,56)57;1-2-18-14-10-15-8-9-16(14)11-13(17)12-6-4-3-5-7-12/h1-12H;3-10H,2,11H2,1H3/q-1;+1. The van der Waals surface area contributed by atoms with Gasteiger partial charge in [-0.15, -0.1) is 0 Å². The van der Waals surface area contributed by atoms with Crippen molar-refractivity contribution in [2.75, 3.05) is 6.61 Å². The maximum atomic E-state index is 14.2. The number of carbonyl (C=O) groups is 1. The van der Waals surface area contributed by atoms with E-state index in [1.165, 1.54) is 0 Å². The van der Waals surface area contributed by atoms with Gasteiger partial charge in [-0.1, -0.05) is 78.9 Å². The largest absolute Gasteiger partial charge is 0.444 e. The number of ketones is 1. The van der Waals surface area contributed by atoms with Crippen LogP contribution >= 0.6 is 0 Å². The molecule has 0 spiro atoms. The first kappa shape index (κ1) is 58.9. The molecule has 0 N–H and O–H groups in total. The average molecular weight is 1110 g/mol. The first-order chi connectivity index (χ1) is 34.1. The molecule has 6 aromatic rings. The van der Waals surface area contributed by atoms with Crippen molar-refractivity contribution < 1.29 is 119 Å². The summed E-state index contributed by atoms with van der Waals surface area (Å²) in [7, 11) is 0. The second kappa shape index (κ2) is 20.6. The lowest BCUT2D eigenvalue weighted by atomic mass is 9.12. The highest BCUT2D eigenvalue weighted by Gasteiger charge is 2.47. The summed E-state index contributed by atoms with van der Waals surface area (Å²) in [5.41, 5.74) is -29.5. The first-order valence-corrected chi connectivity index (χ1v) is 20.5. The van der Waals surface area contributed by atoms with Gasteiger partial charge in [-0.3, -0.25) is 4.79 Å². The molecule has 0 radical (unpaired) electrons. The van der Waals surface area contributed by atoms with Gasteiger partial charge in [-0.2, -0.15) is 132 Å². The summed E-state index contributed by atoms with van der Waals surface area (Å²) in [4.78, 5) is 16.1. The molecule has 0 bridgehead atoms. The van der Waals surface area contributed by atoms with Crippen molar-refractivity contribution in [2.45, 2.75) is 62.9 Å². The molecular formula is C46H27BF24N2O2. The highest BCUT2D eigenvalue weighted by molar-refractivity contribution is 7.20. The Balaban J connectivity index is 0.000000483. The average Bonchev–Trinajstić information content (AvgIpc) is 3.28. The molecule has 4 nitrogen and oxygen atoms in total. The maximum absolute atomic E-state index is 14.2. The van der Waals surface area contributed by atoms with Crippen LogP contribution < -0.4 is 31.2 Å². The van der Waals surface area contributed by atoms with E-state index in [-0.39, 0.29) is 12.3 Å². The molecule has 0 atom stereocenters. The fourth-order valence-corrected chi connectivity index (χ4v) is 7.71. The number of rotatable bonds is 9. The summed E-state index contributed by atoms with van der Waals surface area (Å²) in [6, 6.07) is 0.411. The SMILES string of the molecule is CCOc1cncc[n+]1CC(=O)c1ccccc1.FC(F)(F)c1cc([B-](c2cc(C(F)(F)F)cc(C(F)(F)F)c2)(c2cc(C(F)(F)F)cc(C(F)(F)F)c2)c2cc(C(F)(F)F)cc(C(F)(F)F)c2)cc(C(F)(F)F)c1. The number of halogens is 24. The van der Waals surface area contributed by atoms with Gasteiger partial charge in [0, 0.05) is 5.56 Å². The molecule has 29 heteroatoms. The normalized spacial score (nSPS) is 13.3. The quantitative estimate of drug-likeness (QED) is 0.0627. The molecule has 1 heterocycles. The number of benzene rings is 5. The zero-order valence-corrected chi connectivity index (χ0v) is 36.8. The Kier molecular flexibility index (Phi) is 16.2. The fourth-order valence-electron chi connectivity index (χ4n) is 7.71. The van der Waals surface area contributed by atoms with Gasteiger partial charge in [0.1, 0.15) is 12.3 Å². The Labute approximate surface area is 405 Å². The summed E-state index contributed by atoms with van der Waals surface area (Å²) >= 11 is 0. The molecule has 6 rings (SSSR count). The highest BCUT2D eigenvalue weighted by Crippen LogP contribution is 2.41. The Hall–Kier alpha value is -6.97. The summed E-state index contributed by atoms with van der Waals surface area (Å²) in [5, 5.41) is 0. The van der Waals surface area contributed by atoms with Gasteiger partial charge in [0.2, 0.25) is 12.3 Å². The molecule has 0 unspecified atom stereocenters. The van der Waals surface area contributed by atoms with Gasteiger partial charge in [0.25, 0.3) is 0 Å². The molecule has 0 amide bonds. The number of carbonyl (C=O) groups excluding carboxylic acids is 1. The maximum Gasteiger partial charge on any atom is 0.416 e. The van der Waals surface area contributed by atoms with E-state index < -0.39 is 195 Å². The summed E-state index contributed by atoms with van der Waals surface area (Å²) in [6.07, 6.45) is -49.8. The van der Waals surface area contributed by atoms with Crippen molar-refractivity contribution in [2.24, 2.45) is 0 Å². The first-order valence-electron chi connectivity index (χ1n) is 20.5. The van der Waals surface area contributed by atoms with E-state index in [1.807, 2.05) is 37.3 Å². The minimum absolute atomic E-state index is 0.0488. The number of ether oxygens (including phenoxy) is 1. The Morgan fingerprint density at radius 1 is 0.440 bits per heavy atom. The molecule has 0 aliphatic heterocycles. The third-order valence-corrected chi connectivity index (χ3v) is 10.9. The number of Topliss-reactive ketones (excluding diaryl/α,β-unsaturated/α-hetero) is 1. The lowest BCUT2D eigenvalue weighted by molar-refractivity contribution is -0.689. The summed E-state index contributed by atoms with van der Waals surface area (Å²) in [5.74, 6) is 0.650. The number of aromatic nitrogens is 2. The molecular weight excluding hydrogens is 1080 g/mol. The molecule has 0 saturated heterocycles. The second-order valence-corrected chi connectivity index (χ2v) is 16.0. The van der Waals surface area contributed by atoms with Gasteiger partial charge >= 0.3 is 55.3 Å². The van der Waals surface area contributed by atoms with E-state index >= 15 is 0 Å². The zero-order chi connectivity index (χ0) is 56.7. The number of hydrogen-bond acceptors (Lipinski definition) is 3. The van der Waals surface area contributed by atoms with Crippen molar-refractivity contribution >= 4 is 33.8 Å². The van der Waals surface area contributed by atoms with Crippen LogP contribution in [0.25, 0.3) is 0 Å².